The van der Waals surface area contributed by atoms with E-state index in [1.807, 2.05) is 53.6 Å². The predicted molar refractivity (Wildman–Crippen MR) is 199 cm³/mol. The maximum Gasteiger partial charge on any atom is 0.0934 e. The molecule has 5 heterocycles. The van der Waals surface area contributed by atoms with Crippen LogP contribution in [-0.2, 0) is 0 Å². The third kappa shape index (κ3) is 5.53. The molecular weight excluding hydrogens is 599 g/mol. The zero-order valence-corrected chi connectivity index (χ0v) is 26.5. The molecule has 0 aliphatic heterocycles. The van der Waals surface area contributed by atoms with Crippen LogP contribution in [0.1, 0.15) is 0 Å². The number of benzene rings is 4. The molecule has 0 radical (unpaired) electrons. The highest BCUT2D eigenvalue weighted by Crippen LogP contribution is 2.34. The largest absolute Gasteiger partial charge is 0.265 e. The highest BCUT2D eigenvalue weighted by molar-refractivity contribution is 5.84. The molecule has 4 aromatic carbocycles. The molecule has 0 aliphatic carbocycles. The number of nitrogens with zero attached hydrogens (tertiary/aromatic N) is 5. The Morgan fingerprint density at radius 2 is 0.878 bits per heavy atom. The average Bonchev–Trinajstić information content (AvgIpc) is 3.64. The van der Waals surface area contributed by atoms with Crippen LogP contribution in [0, 0.1) is 0 Å². The minimum atomic E-state index is 0.903. The van der Waals surface area contributed by atoms with Gasteiger partial charge in [-0.1, -0.05) is 91.0 Å². The van der Waals surface area contributed by atoms with Crippen molar-refractivity contribution >= 4 is 16.4 Å². The minimum Gasteiger partial charge on any atom is -0.265 e. The van der Waals surface area contributed by atoms with E-state index in [2.05, 4.69) is 137 Å². The normalized spacial score (nSPS) is 11.3. The van der Waals surface area contributed by atoms with Gasteiger partial charge < -0.3 is 0 Å². The Morgan fingerprint density at radius 3 is 1.53 bits per heavy atom. The SMILES string of the molecule is c1cc(-c2cc(-c3ccc(-c4ccncc4)cc3)cc(-c3ccc(-c4ccncc4)cc3)n2)cc(-c2cc3ccc4ccccc4n3n2)c1. The van der Waals surface area contributed by atoms with Gasteiger partial charge >= 0.3 is 0 Å². The predicted octanol–water partition coefficient (Wildman–Crippen LogP) is 10.7. The van der Waals surface area contributed by atoms with Gasteiger partial charge in [0, 0.05) is 46.9 Å². The van der Waals surface area contributed by atoms with Crippen LogP contribution in [0.4, 0.5) is 0 Å². The van der Waals surface area contributed by atoms with E-state index in [4.69, 9.17) is 10.1 Å². The summed E-state index contributed by atoms with van der Waals surface area (Å²) >= 11 is 0. The molecule has 9 aromatic rings. The minimum absolute atomic E-state index is 0.903. The summed E-state index contributed by atoms with van der Waals surface area (Å²) in [6.45, 7) is 0. The van der Waals surface area contributed by atoms with Gasteiger partial charge in [-0.15, -0.1) is 0 Å². The lowest BCUT2D eigenvalue weighted by Crippen LogP contribution is -1.92. The number of hydrogen-bond acceptors (Lipinski definition) is 4. The van der Waals surface area contributed by atoms with Crippen LogP contribution >= 0.6 is 0 Å². The maximum atomic E-state index is 5.24. The Hall–Kier alpha value is -6.72. The van der Waals surface area contributed by atoms with Crippen molar-refractivity contribution in [1.82, 2.24) is 24.6 Å². The van der Waals surface area contributed by atoms with Crippen LogP contribution in [-0.4, -0.2) is 24.6 Å². The molecule has 5 nitrogen and oxygen atoms in total. The third-order valence-electron chi connectivity index (χ3n) is 9.04. The van der Waals surface area contributed by atoms with E-state index < -0.39 is 0 Å². The monoisotopic (exact) mass is 627 g/mol. The molecule has 230 valence electrons. The van der Waals surface area contributed by atoms with E-state index in [9.17, 15) is 0 Å². The van der Waals surface area contributed by atoms with Gasteiger partial charge in [-0.2, -0.15) is 5.10 Å². The molecule has 0 saturated heterocycles. The second-order valence-corrected chi connectivity index (χ2v) is 12.1. The van der Waals surface area contributed by atoms with Crippen molar-refractivity contribution in [3.8, 4) is 67.2 Å². The number of aromatic nitrogens is 5. The summed E-state index contributed by atoms with van der Waals surface area (Å²) in [6, 6.07) is 53.1. The van der Waals surface area contributed by atoms with Gasteiger partial charge in [0.1, 0.15) is 0 Å². The van der Waals surface area contributed by atoms with E-state index in [-0.39, 0.29) is 0 Å². The summed E-state index contributed by atoms with van der Waals surface area (Å²) in [5, 5.41) is 6.19. The standard InChI is InChI=1S/C44H29N5/c1-2-7-44-36(4-1)16-17-40-29-43(48-49(40)44)38-6-3-5-37(26-38)42-28-39(32-10-8-30(9-11-32)33-18-22-45-23-19-33)27-41(47-42)35-14-12-31(13-15-35)34-20-24-46-25-21-34/h1-29H. The van der Waals surface area contributed by atoms with Crippen molar-refractivity contribution in [2.24, 2.45) is 0 Å². The fourth-order valence-corrected chi connectivity index (χ4v) is 6.45. The first-order valence-electron chi connectivity index (χ1n) is 16.3. The first-order valence-corrected chi connectivity index (χ1v) is 16.3. The molecular formula is C44H29N5. The van der Waals surface area contributed by atoms with Crippen molar-refractivity contribution in [1.29, 1.82) is 0 Å². The average molecular weight is 628 g/mol. The first kappa shape index (κ1) is 28.5. The summed E-state index contributed by atoms with van der Waals surface area (Å²) in [5.41, 5.74) is 14.8. The summed E-state index contributed by atoms with van der Waals surface area (Å²) in [5.74, 6) is 0. The van der Waals surface area contributed by atoms with Gasteiger partial charge in [-0.3, -0.25) is 9.97 Å². The smallest absolute Gasteiger partial charge is 0.0934 e. The van der Waals surface area contributed by atoms with Crippen molar-refractivity contribution in [2.45, 2.75) is 0 Å². The molecule has 0 unspecified atom stereocenters. The van der Waals surface area contributed by atoms with Crippen LogP contribution in [0.5, 0.6) is 0 Å². The molecule has 0 aliphatic rings. The molecule has 9 rings (SSSR count). The Bertz CT molecular complexity index is 2470. The molecule has 0 fully saturated rings. The molecule has 0 bridgehead atoms. The molecule has 0 saturated carbocycles. The molecule has 5 heteroatoms. The fourth-order valence-electron chi connectivity index (χ4n) is 6.45. The molecule has 0 N–H and O–H groups in total. The Balaban J connectivity index is 1.14. The van der Waals surface area contributed by atoms with Crippen molar-refractivity contribution in [3.05, 3.63) is 176 Å². The number of hydrogen-bond donors (Lipinski definition) is 0. The lowest BCUT2D eigenvalue weighted by molar-refractivity contribution is 1.01. The fraction of sp³-hybridized carbons (Fsp3) is 0. The molecule has 0 atom stereocenters. The molecule has 49 heavy (non-hydrogen) atoms. The van der Waals surface area contributed by atoms with Crippen molar-refractivity contribution < 1.29 is 0 Å². The summed E-state index contributed by atoms with van der Waals surface area (Å²) in [7, 11) is 0. The van der Waals surface area contributed by atoms with E-state index in [0.717, 1.165) is 83.6 Å². The van der Waals surface area contributed by atoms with E-state index in [1.54, 1.807) is 0 Å². The van der Waals surface area contributed by atoms with E-state index in [1.165, 1.54) is 0 Å². The lowest BCUT2D eigenvalue weighted by atomic mass is 9.96. The van der Waals surface area contributed by atoms with Crippen LogP contribution in [0.2, 0.25) is 0 Å². The van der Waals surface area contributed by atoms with Crippen molar-refractivity contribution in [3.63, 3.8) is 0 Å². The van der Waals surface area contributed by atoms with Gasteiger partial charge in [0.25, 0.3) is 0 Å². The Morgan fingerprint density at radius 1 is 0.347 bits per heavy atom. The summed E-state index contributed by atoms with van der Waals surface area (Å²) in [4.78, 5) is 13.6. The zero-order chi connectivity index (χ0) is 32.6. The van der Waals surface area contributed by atoms with Crippen LogP contribution in [0.3, 0.4) is 0 Å². The van der Waals surface area contributed by atoms with Crippen LogP contribution < -0.4 is 0 Å². The van der Waals surface area contributed by atoms with Gasteiger partial charge in [0.15, 0.2) is 0 Å². The van der Waals surface area contributed by atoms with Crippen LogP contribution in [0.15, 0.2) is 176 Å². The number of pyridine rings is 4. The second kappa shape index (κ2) is 12.1. The molecule has 5 aromatic heterocycles. The van der Waals surface area contributed by atoms with E-state index in [0.29, 0.717) is 0 Å². The highest BCUT2D eigenvalue weighted by atomic mass is 15.2. The van der Waals surface area contributed by atoms with Gasteiger partial charge in [0.2, 0.25) is 0 Å². The van der Waals surface area contributed by atoms with E-state index >= 15 is 0 Å². The Kier molecular flexibility index (Phi) is 7.06. The van der Waals surface area contributed by atoms with Gasteiger partial charge in [0.05, 0.1) is 28.1 Å². The Labute approximate surface area is 283 Å². The van der Waals surface area contributed by atoms with Gasteiger partial charge in [-0.25, -0.2) is 9.50 Å². The quantitative estimate of drug-likeness (QED) is 0.184. The topological polar surface area (TPSA) is 56.0 Å². The maximum absolute atomic E-state index is 5.24. The number of rotatable bonds is 6. The lowest BCUT2D eigenvalue weighted by Gasteiger charge is -2.12. The van der Waals surface area contributed by atoms with Gasteiger partial charge in [-0.05, 0) is 94.0 Å². The summed E-state index contributed by atoms with van der Waals surface area (Å²) in [6.07, 6.45) is 7.30. The zero-order valence-electron chi connectivity index (χ0n) is 26.5. The van der Waals surface area contributed by atoms with Crippen LogP contribution in [0.25, 0.3) is 83.6 Å². The first-order chi connectivity index (χ1) is 24.2. The second-order valence-electron chi connectivity index (χ2n) is 12.1. The molecule has 0 amide bonds. The number of fused-ring (bicyclic) bond motifs is 3. The van der Waals surface area contributed by atoms with Crippen molar-refractivity contribution in [2.75, 3.05) is 0 Å². The number of para-hydroxylation sites is 1. The highest BCUT2D eigenvalue weighted by Gasteiger charge is 2.13. The summed E-state index contributed by atoms with van der Waals surface area (Å²) < 4.78 is 2.03. The third-order valence-corrected chi connectivity index (χ3v) is 9.04. The molecule has 0 spiro atoms.